The molecule has 0 aromatic carbocycles. The van der Waals surface area contributed by atoms with E-state index >= 15 is 0 Å². The minimum Gasteiger partial charge on any atom is -0.317 e. The van der Waals surface area contributed by atoms with Crippen LogP contribution in [0.5, 0.6) is 0 Å². The molecule has 0 bridgehead atoms. The molecule has 0 spiro atoms. The van der Waals surface area contributed by atoms with E-state index in [2.05, 4.69) is 5.32 Å². The van der Waals surface area contributed by atoms with E-state index in [0.29, 0.717) is 0 Å². The van der Waals surface area contributed by atoms with Gasteiger partial charge in [-0.2, -0.15) is 0 Å². The molecule has 1 aliphatic carbocycles. The summed E-state index contributed by atoms with van der Waals surface area (Å²) in [7, 11) is 0. The molecule has 2 N–H and O–H groups in total. The maximum atomic E-state index is 12.2. The second-order valence-corrected chi connectivity index (χ2v) is 5.35. The zero-order valence-corrected chi connectivity index (χ0v) is 10.5. The lowest BCUT2D eigenvalue weighted by Gasteiger charge is -2.30. The second kappa shape index (κ2) is 6.36. The van der Waals surface area contributed by atoms with Crippen molar-refractivity contribution in [2.24, 2.45) is 5.92 Å². The van der Waals surface area contributed by atoms with Crippen LogP contribution in [-0.4, -0.2) is 35.3 Å². The Morgan fingerprint density at radius 2 is 1.76 bits per heavy atom. The highest BCUT2D eigenvalue weighted by molar-refractivity contribution is 5.78. The summed E-state index contributed by atoms with van der Waals surface area (Å²) in [4.78, 5) is 12.2. The molecule has 1 unspecified atom stereocenters. The molecule has 1 heterocycles. The number of nitrogens with zero attached hydrogens (tertiary/aromatic N) is 1. The predicted octanol–water partition coefficient (Wildman–Crippen LogP) is 1.93. The Morgan fingerprint density at radius 1 is 1.00 bits per heavy atom. The fourth-order valence-corrected chi connectivity index (χ4v) is 2.96. The van der Waals surface area contributed by atoms with Gasteiger partial charge in [-0.25, -0.2) is 5.06 Å². The van der Waals surface area contributed by atoms with E-state index < -0.39 is 0 Å². The van der Waals surface area contributed by atoms with E-state index in [4.69, 9.17) is 0 Å². The lowest BCUT2D eigenvalue weighted by Crippen LogP contribution is -2.42. The van der Waals surface area contributed by atoms with Gasteiger partial charge in [0.05, 0.1) is 6.04 Å². The Kier molecular flexibility index (Phi) is 4.80. The number of carbonyl (C=O) groups excluding carboxylic acids is 1. The molecule has 2 fully saturated rings. The molecule has 98 valence electrons. The lowest BCUT2D eigenvalue weighted by atomic mass is 9.88. The van der Waals surface area contributed by atoms with Crippen molar-refractivity contribution in [1.29, 1.82) is 0 Å². The first-order valence-electron chi connectivity index (χ1n) is 7.01. The largest absolute Gasteiger partial charge is 0.317 e. The van der Waals surface area contributed by atoms with Crippen molar-refractivity contribution in [3.05, 3.63) is 0 Å². The fraction of sp³-hybridized carbons (Fsp3) is 0.923. The molecule has 1 saturated carbocycles. The molecule has 4 nitrogen and oxygen atoms in total. The van der Waals surface area contributed by atoms with Gasteiger partial charge in [0.15, 0.2) is 0 Å². The third-order valence-electron chi connectivity index (χ3n) is 4.07. The van der Waals surface area contributed by atoms with Gasteiger partial charge in [-0.3, -0.25) is 10.0 Å². The van der Waals surface area contributed by atoms with Crippen LogP contribution in [0.2, 0.25) is 0 Å². The average molecular weight is 240 g/mol. The van der Waals surface area contributed by atoms with Gasteiger partial charge in [0.2, 0.25) is 5.91 Å². The Hall–Kier alpha value is -0.610. The Morgan fingerprint density at radius 3 is 2.53 bits per heavy atom. The molecule has 1 saturated heterocycles. The number of carbonyl (C=O) groups is 1. The van der Waals surface area contributed by atoms with Crippen molar-refractivity contribution < 1.29 is 10.0 Å². The molecule has 2 aliphatic rings. The summed E-state index contributed by atoms with van der Waals surface area (Å²) in [5.41, 5.74) is 0. The Labute approximate surface area is 103 Å². The maximum Gasteiger partial charge on any atom is 0.249 e. The minimum atomic E-state index is -0.0309. The van der Waals surface area contributed by atoms with Crippen LogP contribution < -0.4 is 5.32 Å². The molecule has 17 heavy (non-hydrogen) atoms. The summed E-state index contributed by atoms with van der Waals surface area (Å²) in [5, 5.41) is 14.4. The van der Waals surface area contributed by atoms with Crippen LogP contribution in [0, 0.1) is 5.92 Å². The highest BCUT2D eigenvalue weighted by Gasteiger charge is 2.29. The fourth-order valence-electron chi connectivity index (χ4n) is 2.96. The molecule has 1 atom stereocenters. The van der Waals surface area contributed by atoms with E-state index in [1.165, 1.54) is 6.42 Å². The maximum absolute atomic E-state index is 12.2. The van der Waals surface area contributed by atoms with E-state index in [0.717, 1.165) is 63.1 Å². The molecule has 0 aromatic rings. The average Bonchev–Trinajstić information content (AvgIpc) is 2.67. The van der Waals surface area contributed by atoms with Crippen LogP contribution in [0.1, 0.15) is 51.4 Å². The summed E-state index contributed by atoms with van der Waals surface area (Å²) in [6.07, 6.45) is 8.26. The number of rotatable bonds is 2. The first kappa shape index (κ1) is 12.8. The van der Waals surface area contributed by atoms with Crippen molar-refractivity contribution >= 4 is 5.91 Å². The van der Waals surface area contributed by atoms with Gasteiger partial charge >= 0.3 is 0 Å². The van der Waals surface area contributed by atoms with E-state index in [9.17, 15) is 10.0 Å². The van der Waals surface area contributed by atoms with E-state index in [1.807, 2.05) is 0 Å². The molecule has 0 radical (unpaired) electrons. The zero-order chi connectivity index (χ0) is 12.1. The van der Waals surface area contributed by atoms with Crippen LogP contribution >= 0.6 is 0 Å². The third-order valence-corrected chi connectivity index (χ3v) is 4.07. The van der Waals surface area contributed by atoms with Crippen molar-refractivity contribution in [3.63, 3.8) is 0 Å². The third kappa shape index (κ3) is 3.42. The number of hydrogen-bond donors (Lipinski definition) is 2. The van der Waals surface area contributed by atoms with Crippen molar-refractivity contribution in [2.75, 3.05) is 13.1 Å². The van der Waals surface area contributed by atoms with Crippen LogP contribution in [0.15, 0.2) is 0 Å². The first-order valence-corrected chi connectivity index (χ1v) is 7.01. The van der Waals surface area contributed by atoms with E-state index in [1.54, 1.807) is 0 Å². The predicted molar refractivity (Wildman–Crippen MR) is 65.7 cm³/mol. The molecule has 1 aliphatic heterocycles. The molecule has 2 rings (SSSR count). The van der Waals surface area contributed by atoms with Gasteiger partial charge in [-0.1, -0.05) is 19.3 Å². The number of hydroxylamine groups is 2. The molecular formula is C13H24N2O2. The number of amides is 1. The van der Waals surface area contributed by atoms with Crippen LogP contribution in [0.3, 0.4) is 0 Å². The first-order chi connectivity index (χ1) is 8.29. The normalized spacial score (nSPS) is 27.5. The molecular weight excluding hydrogens is 216 g/mol. The SMILES string of the molecule is O=C(C1CCCCC1)N(O)C1CCCNCC1. The molecule has 1 amide bonds. The summed E-state index contributed by atoms with van der Waals surface area (Å²) in [6.45, 7) is 1.90. The van der Waals surface area contributed by atoms with Gasteiger partial charge in [0, 0.05) is 5.92 Å². The number of hydrogen-bond acceptors (Lipinski definition) is 3. The smallest absolute Gasteiger partial charge is 0.249 e. The van der Waals surface area contributed by atoms with E-state index in [-0.39, 0.29) is 17.9 Å². The minimum absolute atomic E-state index is 0.0272. The monoisotopic (exact) mass is 240 g/mol. The Bertz CT molecular complexity index is 244. The van der Waals surface area contributed by atoms with Gasteiger partial charge in [0.25, 0.3) is 0 Å². The Balaban J connectivity index is 1.88. The highest BCUT2D eigenvalue weighted by Crippen LogP contribution is 2.26. The second-order valence-electron chi connectivity index (χ2n) is 5.35. The standard InChI is InChI=1S/C13H24N2O2/c16-13(11-5-2-1-3-6-11)15(17)12-7-4-9-14-10-8-12/h11-12,14,17H,1-10H2. The van der Waals surface area contributed by atoms with Crippen LogP contribution in [0.4, 0.5) is 0 Å². The topological polar surface area (TPSA) is 52.6 Å². The summed E-state index contributed by atoms with van der Waals surface area (Å²) >= 11 is 0. The van der Waals surface area contributed by atoms with Crippen molar-refractivity contribution in [1.82, 2.24) is 10.4 Å². The molecule has 0 aromatic heterocycles. The summed E-state index contributed by atoms with van der Waals surface area (Å²) < 4.78 is 0. The lowest BCUT2D eigenvalue weighted by molar-refractivity contribution is -0.182. The van der Waals surface area contributed by atoms with Gasteiger partial charge < -0.3 is 5.32 Å². The van der Waals surface area contributed by atoms with Gasteiger partial charge in [-0.05, 0) is 45.2 Å². The number of nitrogens with one attached hydrogen (secondary N) is 1. The van der Waals surface area contributed by atoms with Crippen LogP contribution in [0.25, 0.3) is 0 Å². The summed E-state index contributed by atoms with van der Waals surface area (Å²) in [5.74, 6) is 0.0431. The highest BCUT2D eigenvalue weighted by atomic mass is 16.5. The van der Waals surface area contributed by atoms with Crippen molar-refractivity contribution in [3.8, 4) is 0 Å². The summed E-state index contributed by atoms with van der Waals surface area (Å²) in [6, 6.07) is 0.0272. The quantitative estimate of drug-likeness (QED) is 0.573. The zero-order valence-electron chi connectivity index (χ0n) is 10.5. The molecule has 4 heteroatoms. The van der Waals surface area contributed by atoms with Crippen molar-refractivity contribution in [2.45, 2.75) is 57.4 Å². The van der Waals surface area contributed by atoms with Crippen LogP contribution in [-0.2, 0) is 4.79 Å². The van der Waals surface area contributed by atoms with Gasteiger partial charge in [0.1, 0.15) is 0 Å². The van der Waals surface area contributed by atoms with Gasteiger partial charge in [-0.15, -0.1) is 0 Å².